The molecule has 5 rings (SSSR count). The lowest BCUT2D eigenvalue weighted by atomic mass is 9.72. The van der Waals surface area contributed by atoms with E-state index in [0.717, 1.165) is 22.3 Å². The smallest absolute Gasteiger partial charge is 0.235 e. The molecule has 3 unspecified atom stereocenters. The van der Waals surface area contributed by atoms with E-state index in [1.165, 1.54) is 11.9 Å². The van der Waals surface area contributed by atoms with Crippen LogP contribution >= 0.6 is 0 Å². The largest absolute Gasteiger partial charge is 0.373 e. The zero-order valence-electron chi connectivity index (χ0n) is 17.8. The molecular formula is C24H27NO5. The zero-order valence-corrected chi connectivity index (χ0v) is 17.8. The van der Waals surface area contributed by atoms with Crippen molar-refractivity contribution in [2.75, 3.05) is 7.05 Å². The van der Waals surface area contributed by atoms with E-state index in [-0.39, 0.29) is 59.8 Å². The monoisotopic (exact) mass is 409 g/mol. The number of ketones is 2. The Labute approximate surface area is 175 Å². The molecule has 6 heteroatoms. The van der Waals surface area contributed by atoms with Gasteiger partial charge in [0.05, 0.1) is 24.0 Å². The highest BCUT2D eigenvalue weighted by atomic mass is 16.5. The fraction of sp³-hybridized carbons (Fsp3) is 0.583. The lowest BCUT2D eigenvalue weighted by molar-refractivity contribution is -0.141. The Morgan fingerprint density at radius 3 is 2.30 bits per heavy atom. The molecule has 0 radical (unpaired) electrons. The number of benzene rings is 1. The predicted molar refractivity (Wildman–Crippen MR) is 108 cm³/mol. The van der Waals surface area contributed by atoms with Gasteiger partial charge in [0.2, 0.25) is 11.8 Å². The second-order valence-electron chi connectivity index (χ2n) is 9.67. The molecule has 3 saturated heterocycles. The molecule has 1 aliphatic carbocycles. The lowest BCUT2D eigenvalue weighted by Crippen LogP contribution is -2.36. The van der Waals surface area contributed by atoms with Gasteiger partial charge in [-0.1, -0.05) is 17.7 Å². The van der Waals surface area contributed by atoms with E-state index in [4.69, 9.17) is 4.74 Å². The molecule has 2 amide bonds. The molecule has 0 N–H and O–H groups in total. The van der Waals surface area contributed by atoms with Crippen molar-refractivity contribution in [2.45, 2.75) is 58.2 Å². The molecule has 1 aromatic rings. The number of imide groups is 1. The van der Waals surface area contributed by atoms with Crippen molar-refractivity contribution < 1.29 is 23.9 Å². The van der Waals surface area contributed by atoms with Gasteiger partial charge in [-0.15, -0.1) is 0 Å². The van der Waals surface area contributed by atoms with Crippen LogP contribution in [-0.2, 0) is 23.9 Å². The summed E-state index contributed by atoms with van der Waals surface area (Å²) < 4.78 is 6.01. The summed E-state index contributed by atoms with van der Waals surface area (Å²) in [7, 11) is 1.54. The van der Waals surface area contributed by atoms with Crippen molar-refractivity contribution in [2.24, 2.45) is 23.7 Å². The van der Waals surface area contributed by atoms with Gasteiger partial charge in [0.1, 0.15) is 11.7 Å². The summed E-state index contributed by atoms with van der Waals surface area (Å²) in [6.07, 6.45) is 0.942. The maximum atomic E-state index is 13.3. The summed E-state index contributed by atoms with van der Waals surface area (Å²) in [4.78, 5) is 52.3. The van der Waals surface area contributed by atoms with Gasteiger partial charge in [-0.3, -0.25) is 24.1 Å². The first-order valence-corrected chi connectivity index (χ1v) is 10.8. The van der Waals surface area contributed by atoms with Crippen molar-refractivity contribution in [1.29, 1.82) is 0 Å². The molecule has 158 valence electrons. The Balaban J connectivity index is 1.36. The van der Waals surface area contributed by atoms with Gasteiger partial charge in [0, 0.05) is 19.4 Å². The highest BCUT2D eigenvalue weighted by Gasteiger charge is 2.64. The van der Waals surface area contributed by atoms with Crippen LogP contribution in [-0.4, -0.2) is 47.5 Å². The van der Waals surface area contributed by atoms with E-state index in [1.54, 1.807) is 0 Å². The van der Waals surface area contributed by atoms with Crippen LogP contribution in [0.15, 0.2) is 12.1 Å². The van der Waals surface area contributed by atoms with Crippen LogP contribution in [0.2, 0.25) is 0 Å². The lowest BCUT2D eigenvalue weighted by Gasteiger charge is -2.26. The number of rotatable bonds is 3. The number of nitrogens with zero attached hydrogens (tertiary/aromatic N) is 1. The van der Waals surface area contributed by atoms with Gasteiger partial charge in [-0.2, -0.15) is 0 Å². The predicted octanol–water partition coefficient (Wildman–Crippen LogP) is 2.26. The third-order valence-corrected chi connectivity index (χ3v) is 7.77. The van der Waals surface area contributed by atoms with Crippen LogP contribution in [0, 0.1) is 44.4 Å². The number of hydrogen-bond donors (Lipinski definition) is 0. The Kier molecular flexibility index (Phi) is 4.30. The SMILES string of the molecule is Cc1cc(C)c(C2C(=O)CC(CC3C[C@H]4O[C@H]3[C@@H]3C(=O)N(C)C(=O)[C@@H]34)C2=O)c(C)c1. The van der Waals surface area contributed by atoms with Crippen LogP contribution in [0.1, 0.15) is 47.4 Å². The molecule has 0 aromatic heterocycles. The minimum absolute atomic E-state index is 0.000296. The summed E-state index contributed by atoms with van der Waals surface area (Å²) in [5, 5.41) is 0. The van der Waals surface area contributed by atoms with Gasteiger partial charge in [0.25, 0.3) is 0 Å². The van der Waals surface area contributed by atoms with Crippen molar-refractivity contribution in [3.8, 4) is 0 Å². The maximum Gasteiger partial charge on any atom is 0.235 e. The summed E-state index contributed by atoms with van der Waals surface area (Å²) in [5.74, 6) is -2.07. The summed E-state index contributed by atoms with van der Waals surface area (Å²) in [5.41, 5.74) is 3.96. The Hall–Kier alpha value is -2.34. The average molecular weight is 409 g/mol. The van der Waals surface area contributed by atoms with E-state index >= 15 is 0 Å². The number of hydrogen-bond acceptors (Lipinski definition) is 5. The molecule has 1 saturated carbocycles. The molecule has 3 aliphatic heterocycles. The summed E-state index contributed by atoms with van der Waals surface area (Å²) >= 11 is 0. The third kappa shape index (κ3) is 2.59. The minimum atomic E-state index is -0.677. The fourth-order valence-electron chi connectivity index (χ4n) is 6.61. The van der Waals surface area contributed by atoms with Gasteiger partial charge >= 0.3 is 0 Å². The average Bonchev–Trinajstić information content (AvgIpc) is 3.37. The molecule has 3 heterocycles. The fourth-order valence-corrected chi connectivity index (χ4v) is 6.61. The molecule has 4 aliphatic rings. The first-order chi connectivity index (χ1) is 14.2. The van der Waals surface area contributed by atoms with Crippen molar-refractivity contribution in [3.63, 3.8) is 0 Å². The number of aryl methyl sites for hydroxylation is 3. The number of carbonyl (C=O) groups is 4. The van der Waals surface area contributed by atoms with E-state index in [2.05, 4.69) is 0 Å². The van der Waals surface area contributed by atoms with E-state index in [1.807, 2.05) is 32.9 Å². The molecular weight excluding hydrogens is 382 g/mol. The molecule has 1 aromatic carbocycles. The van der Waals surface area contributed by atoms with E-state index in [9.17, 15) is 19.2 Å². The molecule has 7 atom stereocenters. The Bertz CT molecular complexity index is 974. The summed E-state index contributed by atoms with van der Waals surface area (Å²) in [6, 6.07) is 4.05. The number of likely N-dealkylation sites (tertiary alicyclic amines) is 1. The van der Waals surface area contributed by atoms with Crippen LogP contribution in [0.4, 0.5) is 0 Å². The molecule has 4 fully saturated rings. The zero-order chi connectivity index (χ0) is 21.5. The van der Waals surface area contributed by atoms with E-state index in [0.29, 0.717) is 12.8 Å². The highest BCUT2D eigenvalue weighted by Crippen LogP contribution is 2.53. The second-order valence-corrected chi connectivity index (χ2v) is 9.67. The molecule has 6 nitrogen and oxygen atoms in total. The Morgan fingerprint density at radius 1 is 1.00 bits per heavy atom. The minimum Gasteiger partial charge on any atom is -0.373 e. The van der Waals surface area contributed by atoms with Gasteiger partial charge in [-0.05, 0) is 56.2 Å². The molecule has 0 spiro atoms. The topological polar surface area (TPSA) is 80.8 Å². The number of ether oxygens (including phenoxy) is 1. The van der Waals surface area contributed by atoms with E-state index < -0.39 is 11.8 Å². The first kappa shape index (κ1) is 19.6. The van der Waals surface area contributed by atoms with Crippen LogP contribution in [0.25, 0.3) is 0 Å². The second kappa shape index (κ2) is 6.58. The maximum absolute atomic E-state index is 13.3. The first-order valence-electron chi connectivity index (χ1n) is 10.8. The van der Waals surface area contributed by atoms with Gasteiger partial charge in [-0.25, -0.2) is 0 Å². The van der Waals surface area contributed by atoms with Crippen LogP contribution in [0.5, 0.6) is 0 Å². The van der Waals surface area contributed by atoms with Crippen molar-refractivity contribution in [1.82, 2.24) is 4.90 Å². The van der Waals surface area contributed by atoms with Crippen LogP contribution in [0.3, 0.4) is 0 Å². The number of fused-ring (bicyclic) bond motifs is 5. The van der Waals surface area contributed by atoms with Crippen molar-refractivity contribution in [3.05, 3.63) is 34.4 Å². The van der Waals surface area contributed by atoms with Gasteiger partial charge in [0.15, 0.2) is 5.78 Å². The third-order valence-electron chi connectivity index (χ3n) is 7.77. The standard InChI is InChI=1S/C24H27NO5/c1-10-5-11(2)17(12(3)6-10)18-15(26)8-13(21(18)27)7-14-9-16-19-20(22(14)30-16)24(29)25(4)23(19)28/h5-6,13-14,16,18-20,22H,7-9H2,1-4H3/t13?,14?,16-,18?,19-,20-,22-/m1/s1. The number of carbonyl (C=O) groups excluding carboxylic acids is 4. The molecule has 2 bridgehead atoms. The number of Topliss-reactive ketones (excluding diaryl/α,β-unsaturated/α-hetero) is 2. The number of amides is 2. The molecule has 30 heavy (non-hydrogen) atoms. The Morgan fingerprint density at radius 2 is 1.63 bits per heavy atom. The highest BCUT2D eigenvalue weighted by molar-refractivity contribution is 6.15. The normalized spacial score (nSPS) is 37.6. The van der Waals surface area contributed by atoms with Crippen LogP contribution < -0.4 is 0 Å². The quantitative estimate of drug-likeness (QED) is 0.565. The van der Waals surface area contributed by atoms with Crippen molar-refractivity contribution >= 4 is 23.4 Å². The van der Waals surface area contributed by atoms with Gasteiger partial charge < -0.3 is 4.74 Å². The summed E-state index contributed by atoms with van der Waals surface area (Å²) in [6.45, 7) is 5.94.